The molecule has 1 aliphatic heterocycles. The highest BCUT2D eigenvalue weighted by Gasteiger charge is 2.26. The second kappa shape index (κ2) is 6.68. The van der Waals surface area contributed by atoms with Gasteiger partial charge in [-0.25, -0.2) is 0 Å². The number of aryl methyl sites for hydroxylation is 1. The van der Waals surface area contributed by atoms with Gasteiger partial charge in [0.15, 0.2) is 0 Å². The molecule has 0 spiro atoms. The molecule has 0 saturated carbocycles. The number of carbonyl (C=O) groups excluding carboxylic acids is 1. The molecule has 0 radical (unpaired) electrons. The van der Waals surface area contributed by atoms with Crippen LogP contribution in [0, 0.1) is 12.8 Å². The molecule has 3 N–H and O–H groups in total. The molecule has 1 aliphatic rings. The number of ether oxygens (including phenoxy) is 1. The Balaban J connectivity index is 1.85. The van der Waals surface area contributed by atoms with Gasteiger partial charge in [0.2, 0.25) is 5.91 Å². The number of rotatable bonds is 4. The van der Waals surface area contributed by atoms with Crippen molar-refractivity contribution in [3.05, 3.63) is 35.4 Å². The molecule has 1 saturated heterocycles. The maximum atomic E-state index is 12.0. The Labute approximate surface area is 114 Å². The Kier molecular flexibility index (Phi) is 4.93. The highest BCUT2D eigenvalue weighted by atomic mass is 16.5. The fourth-order valence-electron chi connectivity index (χ4n) is 2.40. The Morgan fingerprint density at radius 2 is 2.11 bits per heavy atom. The average molecular weight is 262 g/mol. The monoisotopic (exact) mass is 262 g/mol. The van der Waals surface area contributed by atoms with Crippen LogP contribution in [0.25, 0.3) is 0 Å². The number of benzene rings is 1. The highest BCUT2D eigenvalue weighted by molar-refractivity contribution is 5.81. The van der Waals surface area contributed by atoms with Crippen molar-refractivity contribution in [2.75, 3.05) is 13.2 Å². The van der Waals surface area contributed by atoms with E-state index in [9.17, 15) is 4.79 Å². The van der Waals surface area contributed by atoms with E-state index in [-0.39, 0.29) is 11.8 Å². The highest BCUT2D eigenvalue weighted by Crippen LogP contribution is 2.17. The first-order valence-corrected chi connectivity index (χ1v) is 6.84. The van der Waals surface area contributed by atoms with Crippen LogP contribution in [0.3, 0.4) is 0 Å². The molecule has 1 heterocycles. The fourth-order valence-corrected chi connectivity index (χ4v) is 2.40. The van der Waals surface area contributed by atoms with Crippen LogP contribution in [0.4, 0.5) is 0 Å². The zero-order valence-electron chi connectivity index (χ0n) is 11.4. The lowest BCUT2D eigenvalue weighted by atomic mass is 9.92. The first-order valence-electron chi connectivity index (χ1n) is 6.84. The van der Waals surface area contributed by atoms with Crippen LogP contribution in [-0.2, 0) is 16.1 Å². The van der Waals surface area contributed by atoms with Gasteiger partial charge in [-0.2, -0.15) is 0 Å². The van der Waals surface area contributed by atoms with E-state index in [1.54, 1.807) is 0 Å². The van der Waals surface area contributed by atoms with Gasteiger partial charge < -0.3 is 15.8 Å². The van der Waals surface area contributed by atoms with Gasteiger partial charge in [0.1, 0.15) is 0 Å². The van der Waals surface area contributed by atoms with E-state index in [1.165, 1.54) is 5.56 Å². The van der Waals surface area contributed by atoms with Crippen LogP contribution >= 0.6 is 0 Å². The normalized spacial score (nSPS) is 18.0. The summed E-state index contributed by atoms with van der Waals surface area (Å²) in [6.45, 7) is 4.01. The molecule has 1 unspecified atom stereocenters. The molecular weight excluding hydrogens is 240 g/mol. The summed E-state index contributed by atoms with van der Waals surface area (Å²) in [5, 5.41) is 2.93. The number of amides is 1. The number of hydrogen-bond donors (Lipinski definition) is 2. The Hall–Kier alpha value is -1.39. The van der Waals surface area contributed by atoms with E-state index >= 15 is 0 Å². The molecule has 0 bridgehead atoms. The van der Waals surface area contributed by atoms with Gasteiger partial charge in [0.05, 0.1) is 6.04 Å². The lowest BCUT2D eigenvalue weighted by Crippen LogP contribution is -2.46. The zero-order valence-corrected chi connectivity index (χ0v) is 11.4. The number of hydrogen-bond acceptors (Lipinski definition) is 3. The first kappa shape index (κ1) is 14.0. The summed E-state index contributed by atoms with van der Waals surface area (Å²) in [4.78, 5) is 12.0. The summed E-state index contributed by atoms with van der Waals surface area (Å²) in [7, 11) is 0. The second-order valence-electron chi connectivity index (χ2n) is 5.12. The van der Waals surface area contributed by atoms with Crippen LogP contribution < -0.4 is 11.1 Å². The quantitative estimate of drug-likeness (QED) is 0.861. The number of nitrogens with two attached hydrogens (primary N) is 1. The van der Waals surface area contributed by atoms with E-state index in [0.29, 0.717) is 19.8 Å². The molecular formula is C15H22N2O2. The number of nitrogens with one attached hydrogen (secondary N) is 1. The molecule has 104 valence electrons. The van der Waals surface area contributed by atoms with E-state index in [0.717, 1.165) is 18.4 Å². The molecule has 4 heteroatoms. The van der Waals surface area contributed by atoms with E-state index in [2.05, 4.69) is 5.32 Å². The predicted molar refractivity (Wildman–Crippen MR) is 74.5 cm³/mol. The van der Waals surface area contributed by atoms with Crippen LogP contribution in [0.5, 0.6) is 0 Å². The second-order valence-corrected chi connectivity index (χ2v) is 5.12. The molecule has 1 atom stereocenters. The van der Waals surface area contributed by atoms with Crippen molar-refractivity contribution < 1.29 is 9.53 Å². The fraction of sp³-hybridized carbons (Fsp3) is 0.533. The first-order chi connectivity index (χ1) is 9.18. The Morgan fingerprint density at radius 1 is 1.42 bits per heavy atom. The summed E-state index contributed by atoms with van der Waals surface area (Å²) in [6.07, 6.45) is 1.75. The van der Waals surface area contributed by atoms with Gasteiger partial charge in [-0.05, 0) is 36.8 Å². The van der Waals surface area contributed by atoms with Crippen molar-refractivity contribution in [3.8, 4) is 0 Å². The van der Waals surface area contributed by atoms with E-state index in [4.69, 9.17) is 10.5 Å². The van der Waals surface area contributed by atoms with Gasteiger partial charge in [0.25, 0.3) is 0 Å². The summed E-state index contributed by atoms with van der Waals surface area (Å²) in [6, 6.07) is 7.62. The smallest absolute Gasteiger partial charge is 0.237 e. The van der Waals surface area contributed by atoms with E-state index in [1.807, 2.05) is 31.2 Å². The standard InChI is InChI=1S/C15H22N2O2/c1-11-4-2-3-5-13(11)10-17-15(18)14(16)12-6-8-19-9-7-12/h2-5,12,14H,6-10,16H2,1H3,(H,17,18). The minimum absolute atomic E-state index is 0.0600. The SMILES string of the molecule is Cc1ccccc1CNC(=O)C(N)C1CCOCC1. The summed E-state index contributed by atoms with van der Waals surface area (Å²) < 4.78 is 5.29. The minimum atomic E-state index is -0.423. The van der Waals surface area contributed by atoms with Crippen LogP contribution in [-0.4, -0.2) is 25.2 Å². The molecule has 19 heavy (non-hydrogen) atoms. The van der Waals surface area contributed by atoms with Gasteiger partial charge in [-0.3, -0.25) is 4.79 Å². The molecule has 1 amide bonds. The predicted octanol–water partition coefficient (Wildman–Crippen LogP) is 1.37. The molecule has 0 aromatic heterocycles. The topological polar surface area (TPSA) is 64.4 Å². The van der Waals surface area contributed by atoms with Crippen molar-refractivity contribution in [2.45, 2.75) is 32.4 Å². The molecule has 1 fully saturated rings. The lowest BCUT2D eigenvalue weighted by Gasteiger charge is -2.26. The summed E-state index contributed by atoms with van der Waals surface area (Å²) in [5.41, 5.74) is 8.34. The summed E-state index contributed by atoms with van der Waals surface area (Å²) in [5.74, 6) is 0.181. The maximum Gasteiger partial charge on any atom is 0.237 e. The zero-order chi connectivity index (χ0) is 13.7. The molecule has 2 rings (SSSR count). The van der Waals surface area contributed by atoms with Crippen LogP contribution in [0.15, 0.2) is 24.3 Å². The lowest BCUT2D eigenvalue weighted by molar-refractivity contribution is -0.124. The van der Waals surface area contributed by atoms with E-state index < -0.39 is 6.04 Å². The molecule has 1 aromatic rings. The van der Waals surface area contributed by atoms with Crippen molar-refractivity contribution in [3.63, 3.8) is 0 Å². The summed E-state index contributed by atoms with van der Waals surface area (Å²) >= 11 is 0. The Morgan fingerprint density at radius 3 is 2.79 bits per heavy atom. The molecule has 0 aliphatic carbocycles. The average Bonchev–Trinajstić information content (AvgIpc) is 2.46. The van der Waals surface area contributed by atoms with Crippen molar-refractivity contribution in [1.29, 1.82) is 0 Å². The third-order valence-electron chi connectivity index (χ3n) is 3.79. The van der Waals surface area contributed by atoms with Gasteiger partial charge in [-0.15, -0.1) is 0 Å². The third-order valence-corrected chi connectivity index (χ3v) is 3.79. The Bertz CT molecular complexity index is 428. The maximum absolute atomic E-state index is 12.0. The van der Waals surface area contributed by atoms with Gasteiger partial charge in [-0.1, -0.05) is 24.3 Å². The van der Waals surface area contributed by atoms with Crippen LogP contribution in [0.1, 0.15) is 24.0 Å². The third kappa shape index (κ3) is 3.78. The van der Waals surface area contributed by atoms with Crippen LogP contribution in [0.2, 0.25) is 0 Å². The number of carbonyl (C=O) groups is 1. The van der Waals surface area contributed by atoms with Gasteiger partial charge in [0, 0.05) is 19.8 Å². The molecule has 1 aromatic carbocycles. The van der Waals surface area contributed by atoms with Gasteiger partial charge >= 0.3 is 0 Å². The van der Waals surface area contributed by atoms with Crippen molar-refractivity contribution >= 4 is 5.91 Å². The van der Waals surface area contributed by atoms with Crippen molar-refractivity contribution in [1.82, 2.24) is 5.32 Å². The van der Waals surface area contributed by atoms with Crippen molar-refractivity contribution in [2.24, 2.45) is 11.7 Å². The minimum Gasteiger partial charge on any atom is -0.381 e. The molecule has 4 nitrogen and oxygen atoms in total. The largest absolute Gasteiger partial charge is 0.381 e.